The Balaban J connectivity index is 4.20. The van der Waals surface area contributed by atoms with Crippen LogP contribution in [0.15, 0.2) is 0 Å². The van der Waals surface area contributed by atoms with E-state index in [2.05, 4.69) is 5.32 Å². The molecule has 0 saturated heterocycles. The number of aliphatic carboxylic acids is 1. The molecule has 18 heavy (non-hydrogen) atoms. The second kappa shape index (κ2) is 6.94. The van der Waals surface area contributed by atoms with Crippen molar-refractivity contribution in [3.63, 3.8) is 0 Å². The molecule has 0 spiro atoms. The van der Waals surface area contributed by atoms with Crippen LogP contribution in [-0.2, 0) is 4.79 Å². The van der Waals surface area contributed by atoms with Crippen molar-refractivity contribution in [1.82, 2.24) is 10.2 Å². The maximum absolute atomic E-state index is 12.1. The molecule has 0 fully saturated rings. The second-order valence-electron chi connectivity index (χ2n) is 4.45. The number of alkyl halides is 3. The Bertz CT molecular complexity index is 266. The number of nitrogens with one attached hydrogen (secondary N) is 1. The Morgan fingerprint density at radius 1 is 1.39 bits per heavy atom. The van der Waals surface area contributed by atoms with Gasteiger partial charge in [0.1, 0.15) is 5.54 Å². The average molecular weight is 270 g/mol. The molecule has 0 saturated carbocycles. The van der Waals surface area contributed by atoms with Gasteiger partial charge in [-0.1, -0.05) is 6.92 Å². The first kappa shape index (κ1) is 17.2. The lowest BCUT2D eigenvalue weighted by molar-refractivity contribution is -0.147. The zero-order valence-electron chi connectivity index (χ0n) is 11.0. The maximum Gasteiger partial charge on any atom is 0.401 e. The molecule has 0 aromatic carbocycles. The zero-order valence-corrected chi connectivity index (χ0v) is 11.0. The Hall–Kier alpha value is -0.820. The predicted octanol–water partition coefficient (Wildman–Crippen LogP) is 1.71. The van der Waals surface area contributed by atoms with Crippen LogP contribution in [0.25, 0.3) is 0 Å². The van der Waals surface area contributed by atoms with E-state index in [1.165, 1.54) is 7.05 Å². The summed E-state index contributed by atoms with van der Waals surface area (Å²) in [6.45, 7) is 0.985. The molecule has 108 valence electrons. The van der Waals surface area contributed by atoms with E-state index in [0.717, 1.165) is 4.90 Å². The van der Waals surface area contributed by atoms with Gasteiger partial charge in [0, 0.05) is 0 Å². The molecule has 2 N–H and O–H groups in total. The number of nitrogens with zero attached hydrogens (tertiary/aromatic N) is 1. The van der Waals surface area contributed by atoms with Gasteiger partial charge in [0.25, 0.3) is 0 Å². The standard InChI is InChI=1S/C11H21F3N2O2/c1-4-10(15-2,9(17)18)6-5-7-16(3)8-11(12,13)14/h15H,4-8H2,1-3H3,(H,17,18). The zero-order chi connectivity index (χ0) is 14.4. The second-order valence-corrected chi connectivity index (χ2v) is 4.45. The lowest BCUT2D eigenvalue weighted by Crippen LogP contribution is -2.50. The van der Waals surface area contributed by atoms with Crippen molar-refractivity contribution in [3.05, 3.63) is 0 Å². The summed E-state index contributed by atoms with van der Waals surface area (Å²) in [5.74, 6) is -0.967. The average Bonchev–Trinajstić information content (AvgIpc) is 2.21. The normalized spacial score (nSPS) is 15.7. The molecule has 0 aliphatic carbocycles. The minimum Gasteiger partial charge on any atom is -0.480 e. The van der Waals surface area contributed by atoms with Gasteiger partial charge in [-0.2, -0.15) is 13.2 Å². The molecule has 7 heteroatoms. The smallest absolute Gasteiger partial charge is 0.401 e. The minimum absolute atomic E-state index is 0.218. The highest BCUT2D eigenvalue weighted by molar-refractivity contribution is 5.78. The molecular formula is C11H21F3N2O2. The summed E-state index contributed by atoms with van der Waals surface area (Å²) in [6, 6.07) is 0. The Morgan fingerprint density at radius 3 is 2.28 bits per heavy atom. The molecule has 1 atom stereocenters. The molecule has 0 bridgehead atoms. The lowest BCUT2D eigenvalue weighted by Gasteiger charge is -2.28. The molecule has 0 aliphatic heterocycles. The maximum atomic E-state index is 12.1. The number of carbonyl (C=O) groups is 1. The van der Waals surface area contributed by atoms with Crippen LogP contribution < -0.4 is 5.32 Å². The summed E-state index contributed by atoms with van der Waals surface area (Å²) in [5.41, 5.74) is -1.04. The minimum atomic E-state index is -4.22. The van der Waals surface area contributed by atoms with Gasteiger partial charge < -0.3 is 10.4 Å². The van der Waals surface area contributed by atoms with Crippen LogP contribution in [-0.4, -0.2) is 54.9 Å². The fraction of sp³-hybridized carbons (Fsp3) is 0.909. The quantitative estimate of drug-likeness (QED) is 0.705. The van der Waals surface area contributed by atoms with E-state index >= 15 is 0 Å². The first-order valence-electron chi connectivity index (χ1n) is 5.84. The number of halogens is 3. The van der Waals surface area contributed by atoms with Gasteiger partial charge in [0.15, 0.2) is 0 Å². The van der Waals surface area contributed by atoms with Gasteiger partial charge in [-0.25, -0.2) is 0 Å². The number of hydrogen-bond donors (Lipinski definition) is 2. The Labute approximate surface area is 105 Å². The van der Waals surface area contributed by atoms with Crippen LogP contribution in [0, 0.1) is 0 Å². The van der Waals surface area contributed by atoms with Crippen molar-refractivity contribution in [1.29, 1.82) is 0 Å². The van der Waals surface area contributed by atoms with Gasteiger partial charge in [0.05, 0.1) is 6.54 Å². The van der Waals surface area contributed by atoms with E-state index in [-0.39, 0.29) is 6.54 Å². The summed E-state index contributed by atoms with van der Waals surface area (Å²) >= 11 is 0. The van der Waals surface area contributed by atoms with Crippen LogP contribution in [0.5, 0.6) is 0 Å². The summed E-state index contributed by atoms with van der Waals surface area (Å²) in [5, 5.41) is 11.9. The third-order valence-electron chi connectivity index (χ3n) is 3.08. The fourth-order valence-electron chi connectivity index (χ4n) is 1.88. The van der Waals surface area contributed by atoms with Crippen LogP contribution in [0.3, 0.4) is 0 Å². The summed E-state index contributed by atoms with van der Waals surface area (Å²) in [6.07, 6.45) is -3.13. The van der Waals surface area contributed by atoms with Crippen molar-refractivity contribution < 1.29 is 23.1 Å². The summed E-state index contributed by atoms with van der Waals surface area (Å²) < 4.78 is 36.2. The number of hydrogen-bond acceptors (Lipinski definition) is 3. The summed E-state index contributed by atoms with van der Waals surface area (Å²) in [7, 11) is 2.93. The van der Waals surface area contributed by atoms with E-state index < -0.39 is 24.2 Å². The van der Waals surface area contributed by atoms with E-state index in [1.54, 1.807) is 14.0 Å². The highest BCUT2D eigenvalue weighted by atomic mass is 19.4. The molecule has 0 radical (unpaired) electrons. The van der Waals surface area contributed by atoms with Gasteiger partial charge >= 0.3 is 12.1 Å². The van der Waals surface area contributed by atoms with Crippen molar-refractivity contribution >= 4 is 5.97 Å². The van der Waals surface area contributed by atoms with Gasteiger partial charge in [-0.3, -0.25) is 9.69 Å². The van der Waals surface area contributed by atoms with Crippen molar-refractivity contribution in [2.75, 3.05) is 27.2 Å². The Morgan fingerprint density at radius 2 is 1.94 bits per heavy atom. The van der Waals surface area contributed by atoms with Crippen molar-refractivity contribution in [2.24, 2.45) is 0 Å². The highest BCUT2D eigenvalue weighted by Crippen LogP contribution is 2.19. The molecule has 0 aliphatic rings. The topological polar surface area (TPSA) is 52.6 Å². The number of carboxylic acids is 1. The molecule has 0 aromatic heterocycles. The molecular weight excluding hydrogens is 249 g/mol. The van der Waals surface area contributed by atoms with E-state index in [1.807, 2.05) is 0 Å². The number of likely N-dealkylation sites (N-methyl/N-ethyl adjacent to an activating group) is 1. The van der Waals surface area contributed by atoms with Crippen LogP contribution in [0.1, 0.15) is 26.2 Å². The van der Waals surface area contributed by atoms with Gasteiger partial charge in [-0.05, 0) is 39.9 Å². The summed E-state index contributed by atoms with van der Waals surface area (Å²) in [4.78, 5) is 12.3. The number of rotatable bonds is 8. The Kier molecular flexibility index (Phi) is 6.62. The largest absolute Gasteiger partial charge is 0.480 e. The van der Waals surface area contributed by atoms with Gasteiger partial charge in [0.2, 0.25) is 0 Å². The highest BCUT2D eigenvalue weighted by Gasteiger charge is 2.34. The van der Waals surface area contributed by atoms with E-state index in [9.17, 15) is 18.0 Å². The lowest BCUT2D eigenvalue weighted by atomic mass is 9.90. The molecule has 0 amide bonds. The molecule has 4 nitrogen and oxygen atoms in total. The molecule has 0 aromatic rings. The monoisotopic (exact) mass is 270 g/mol. The SMILES string of the molecule is CCC(CCCN(C)CC(F)(F)F)(NC)C(=O)O. The van der Waals surface area contributed by atoms with Crippen LogP contribution in [0.4, 0.5) is 13.2 Å². The van der Waals surface area contributed by atoms with E-state index in [0.29, 0.717) is 19.3 Å². The number of carboxylic acid groups (broad SMARTS) is 1. The first-order chi connectivity index (χ1) is 8.17. The van der Waals surface area contributed by atoms with Gasteiger partial charge in [-0.15, -0.1) is 0 Å². The molecule has 0 heterocycles. The van der Waals surface area contributed by atoms with Crippen LogP contribution in [0.2, 0.25) is 0 Å². The molecule has 0 rings (SSSR count). The predicted molar refractivity (Wildman–Crippen MR) is 62.5 cm³/mol. The van der Waals surface area contributed by atoms with Crippen molar-refractivity contribution in [2.45, 2.75) is 37.9 Å². The fourth-order valence-corrected chi connectivity index (χ4v) is 1.88. The third-order valence-corrected chi connectivity index (χ3v) is 3.08. The first-order valence-corrected chi connectivity index (χ1v) is 5.84. The van der Waals surface area contributed by atoms with E-state index in [4.69, 9.17) is 5.11 Å². The van der Waals surface area contributed by atoms with Crippen molar-refractivity contribution in [3.8, 4) is 0 Å². The molecule has 1 unspecified atom stereocenters. The third kappa shape index (κ3) is 5.68. The van der Waals surface area contributed by atoms with Crippen LogP contribution >= 0.6 is 0 Å².